The molecule has 0 saturated heterocycles. The van der Waals surface area contributed by atoms with Crippen molar-refractivity contribution in [1.82, 2.24) is 10.3 Å². The Morgan fingerprint density at radius 1 is 1.11 bits per heavy atom. The zero-order chi connectivity index (χ0) is 13.7. The monoisotopic (exact) mass is 254 g/mol. The standard InChI is InChI=1S/C17H22N2/c1-4-19-17(12-15-7-9-18-10-8-15)16-11-13(2)5-6-14(16)3/h5-11,17,19H,4,12H2,1-3H3. The number of hydrogen-bond donors (Lipinski definition) is 1. The first-order valence-electron chi connectivity index (χ1n) is 6.90. The van der Waals surface area contributed by atoms with Crippen molar-refractivity contribution in [3.63, 3.8) is 0 Å². The maximum atomic E-state index is 4.08. The van der Waals surface area contributed by atoms with Crippen LogP contribution in [-0.2, 0) is 6.42 Å². The molecule has 0 fully saturated rings. The predicted octanol–water partition coefficient (Wildman–Crippen LogP) is 3.59. The lowest BCUT2D eigenvalue weighted by atomic mass is 9.94. The lowest BCUT2D eigenvalue weighted by Gasteiger charge is -2.21. The first-order valence-corrected chi connectivity index (χ1v) is 6.90. The summed E-state index contributed by atoms with van der Waals surface area (Å²) in [6, 6.07) is 11.2. The Morgan fingerprint density at radius 2 is 1.84 bits per heavy atom. The second kappa shape index (κ2) is 6.48. The molecule has 2 nitrogen and oxygen atoms in total. The topological polar surface area (TPSA) is 24.9 Å². The zero-order valence-electron chi connectivity index (χ0n) is 12.0. The number of benzene rings is 1. The molecule has 1 aromatic heterocycles. The van der Waals surface area contributed by atoms with Gasteiger partial charge in [0.05, 0.1) is 0 Å². The van der Waals surface area contributed by atoms with Crippen LogP contribution in [-0.4, -0.2) is 11.5 Å². The van der Waals surface area contributed by atoms with Crippen LogP contribution in [0.1, 0.15) is 35.2 Å². The molecule has 0 aliphatic rings. The van der Waals surface area contributed by atoms with Crippen LogP contribution >= 0.6 is 0 Å². The summed E-state index contributed by atoms with van der Waals surface area (Å²) >= 11 is 0. The van der Waals surface area contributed by atoms with Crippen molar-refractivity contribution in [2.45, 2.75) is 33.2 Å². The summed E-state index contributed by atoms with van der Waals surface area (Å²) in [6.07, 6.45) is 4.73. The highest BCUT2D eigenvalue weighted by Crippen LogP contribution is 2.22. The van der Waals surface area contributed by atoms with E-state index < -0.39 is 0 Å². The Morgan fingerprint density at radius 3 is 2.53 bits per heavy atom. The van der Waals surface area contributed by atoms with E-state index in [-0.39, 0.29) is 0 Å². The molecule has 0 saturated carbocycles. The molecule has 0 aliphatic carbocycles. The minimum absolute atomic E-state index is 0.368. The number of rotatable bonds is 5. The van der Waals surface area contributed by atoms with Gasteiger partial charge < -0.3 is 5.32 Å². The van der Waals surface area contributed by atoms with Gasteiger partial charge in [0.15, 0.2) is 0 Å². The van der Waals surface area contributed by atoms with Gasteiger partial charge in [-0.2, -0.15) is 0 Å². The van der Waals surface area contributed by atoms with Gasteiger partial charge in [-0.15, -0.1) is 0 Å². The number of aryl methyl sites for hydroxylation is 2. The Hall–Kier alpha value is -1.67. The van der Waals surface area contributed by atoms with E-state index in [9.17, 15) is 0 Å². The van der Waals surface area contributed by atoms with Crippen molar-refractivity contribution >= 4 is 0 Å². The molecule has 1 unspecified atom stereocenters. The summed E-state index contributed by atoms with van der Waals surface area (Å²) in [6.45, 7) is 7.47. The molecule has 1 atom stereocenters. The van der Waals surface area contributed by atoms with E-state index in [0.29, 0.717) is 6.04 Å². The Kier molecular flexibility index (Phi) is 4.69. The Labute approximate surface area is 115 Å². The molecule has 0 spiro atoms. The van der Waals surface area contributed by atoms with E-state index in [1.54, 1.807) is 0 Å². The van der Waals surface area contributed by atoms with Gasteiger partial charge in [0.25, 0.3) is 0 Å². The first-order chi connectivity index (χ1) is 9.20. The number of hydrogen-bond acceptors (Lipinski definition) is 2. The van der Waals surface area contributed by atoms with E-state index in [0.717, 1.165) is 13.0 Å². The predicted molar refractivity (Wildman–Crippen MR) is 80.3 cm³/mol. The fraction of sp³-hybridized carbons (Fsp3) is 0.353. The Bertz CT molecular complexity index is 520. The van der Waals surface area contributed by atoms with Gasteiger partial charge in [-0.05, 0) is 55.6 Å². The quantitative estimate of drug-likeness (QED) is 0.882. The summed E-state index contributed by atoms with van der Waals surface area (Å²) in [5.41, 5.74) is 5.39. The fourth-order valence-corrected chi connectivity index (χ4v) is 2.43. The summed E-state index contributed by atoms with van der Waals surface area (Å²) in [5, 5.41) is 3.60. The maximum absolute atomic E-state index is 4.08. The van der Waals surface area contributed by atoms with Crippen LogP contribution in [0.4, 0.5) is 0 Å². The van der Waals surface area contributed by atoms with E-state index in [4.69, 9.17) is 0 Å². The number of nitrogens with zero attached hydrogens (tertiary/aromatic N) is 1. The average Bonchev–Trinajstić information content (AvgIpc) is 2.42. The maximum Gasteiger partial charge on any atom is 0.0363 e. The van der Waals surface area contributed by atoms with Gasteiger partial charge in [-0.1, -0.05) is 30.7 Å². The highest BCUT2D eigenvalue weighted by Gasteiger charge is 2.13. The molecule has 2 heteroatoms. The lowest BCUT2D eigenvalue weighted by molar-refractivity contribution is 0.547. The van der Waals surface area contributed by atoms with E-state index in [1.807, 2.05) is 12.4 Å². The molecule has 100 valence electrons. The van der Waals surface area contributed by atoms with Crippen molar-refractivity contribution < 1.29 is 0 Å². The molecular formula is C17H22N2. The SMILES string of the molecule is CCNC(Cc1ccncc1)c1cc(C)ccc1C. The third kappa shape index (κ3) is 3.65. The molecule has 1 aromatic carbocycles. The van der Waals surface area contributed by atoms with Crippen LogP contribution in [0.5, 0.6) is 0 Å². The lowest BCUT2D eigenvalue weighted by Crippen LogP contribution is -2.23. The smallest absolute Gasteiger partial charge is 0.0363 e. The normalized spacial score (nSPS) is 12.4. The van der Waals surface area contributed by atoms with Crippen LogP contribution < -0.4 is 5.32 Å². The highest BCUT2D eigenvalue weighted by atomic mass is 14.9. The number of nitrogens with one attached hydrogen (secondary N) is 1. The highest BCUT2D eigenvalue weighted by molar-refractivity contribution is 5.34. The molecule has 0 amide bonds. The van der Waals surface area contributed by atoms with Crippen LogP contribution in [0.2, 0.25) is 0 Å². The van der Waals surface area contributed by atoms with Gasteiger partial charge in [-0.3, -0.25) is 4.98 Å². The molecular weight excluding hydrogens is 232 g/mol. The van der Waals surface area contributed by atoms with Crippen LogP contribution in [0, 0.1) is 13.8 Å². The second-order valence-electron chi connectivity index (χ2n) is 5.03. The average molecular weight is 254 g/mol. The fourth-order valence-electron chi connectivity index (χ4n) is 2.43. The Balaban J connectivity index is 2.27. The van der Waals surface area contributed by atoms with E-state index in [2.05, 4.69) is 61.4 Å². The number of aromatic nitrogens is 1. The van der Waals surface area contributed by atoms with Crippen LogP contribution in [0.3, 0.4) is 0 Å². The molecule has 19 heavy (non-hydrogen) atoms. The number of likely N-dealkylation sites (N-methyl/N-ethyl adjacent to an activating group) is 1. The molecule has 0 aliphatic heterocycles. The molecule has 0 bridgehead atoms. The van der Waals surface area contributed by atoms with Crippen molar-refractivity contribution in [2.24, 2.45) is 0 Å². The third-order valence-electron chi connectivity index (χ3n) is 3.45. The van der Waals surface area contributed by atoms with Crippen molar-refractivity contribution in [3.8, 4) is 0 Å². The largest absolute Gasteiger partial charge is 0.310 e. The summed E-state index contributed by atoms with van der Waals surface area (Å²) in [7, 11) is 0. The van der Waals surface area contributed by atoms with Crippen molar-refractivity contribution in [2.75, 3.05) is 6.54 Å². The molecule has 2 rings (SSSR count). The van der Waals surface area contributed by atoms with Crippen molar-refractivity contribution in [1.29, 1.82) is 0 Å². The summed E-state index contributed by atoms with van der Waals surface area (Å²) in [4.78, 5) is 4.08. The number of pyridine rings is 1. The summed E-state index contributed by atoms with van der Waals surface area (Å²) in [5.74, 6) is 0. The molecule has 1 heterocycles. The van der Waals surface area contributed by atoms with Gasteiger partial charge in [0.1, 0.15) is 0 Å². The first kappa shape index (κ1) is 13.8. The summed E-state index contributed by atoms with van der Waals surface area (Å²) < 4.78 is 0. The van der Waals surface area contributed by atoms with Crippen LogP contribution in [0.15, 0.2) is 42.7 Å². The second-order valence-corrected chi connectivity index (χ2v) is 5.03. The van der Waals surface area contributed by atoms with Crippen molar-refractivity contribution in [3.05, 3.63) is 65.0 Å². The zero-order valence-corrected chi connectivity index (χ0v) is 12.0. The van der Waals surface area contributed by atoms with Gasteiger partial charge in [0, 0.05) is 18.4 Å². The third-order valence-corrected chi connectivity index (χ3v) is 3.45. The van der Waals surface area contributed by atoms with Crippen LogP contribution in [0.25, 0.3) is 0 Å². The van der Waals surface area contributed by atoms with E-state index >= 15 is 0 Å². The van der Waals surface area contributed by atoms with Gasteiger partial charge >= 0.3 is 0 Å². The molecule has 1 N–H and O–H groups in total. The minimum atomic E-state index is 0.368. The minimum Gasteiger partial charge on any atom is -0.310 e. The van der Waals surface area contributed by atoms with Gasteiger partial charge in [-0.25, -0.2) is 0 Å². The molecule has 0 radical (unpaired) electrons. The van der Waals surface area contributed by atoms with E-state index in [1.165, 1.54) is 22.3 Å². The van der Waals surface area contributed by atoms with Gasteiger partial charge in [0.2, 0.25) is 0 Å². The molecule has 2 aromatic rings.